The average molecular weight is 237 g/mol. The van der Waals surface area contributed by atoms with E-state index >= 15 is 0 Å². The predicted molar refractivity (Wildman–Crippen MR) is 75.7 cm³/mol. The number of aryl methyl sites for hydroxylation is 2. The van der Waals surface area contributed by atoms with Crippen molar-refractivity contribution >= 4 is 48.7 Å². The number of hydrogen-bond acceptors (Lipinski definition) is 0. The third-order valence-electron chi connectivity index (χ3n) is 2.39. The Hall–Kier alpha value is -0.130. The van der Waals surface area contributed by atoms with E-state index in [1.807, 2.05) is 0 Å². The zero-order valence-corrected chi connectivity index (χ0v) is 13.1. The summed E-state index contributed by atoms with van der Waals surface area (Å²) in [5, 5.41) is 2.81. The van der Waals surface area contributed by atoms with E-state index in [0.29, 0.717) is 0 Å². The molecule has 77 valence electrons. The minimum Gasteiger partial charge on any atom is -0.0591 e. The molecule has 0 unspecified atom stereocenters. The second-order valence-corrected chi connectivity index (χ2v) is 5.26. The Morgan fingerprint density at radius 3 is 1.25 bits per heavy atom. The van der Waals surface area contributed by atoms with Crippen LogP contribution in [0.2, 0.25) is 0 Å². The summed E-state index contributed by atoms with van der Waals surface area (Å²) in [7, 11) is 0.769. The molecule has 1 radical (unpaired) electrons. The summed E-state index contributed by atoms with van der Waals surface area (Å²) in [6.07, 6.45) is 0. The molecule has 0 aliphatic rings. The van der Waals surface area contributed by atoms with Gasteiger partial charge in [0, 0.05) is 29.6 Å². The van der Waals surface area contributed by atoms with E-state index in [0.717, 1.165) is 8.58 Å². The Morgan fingerprint density at radius 1 is 0.625 bits per heavy atom. The molecule has 0 N–H and O–H groups in total. The van der Waals surface area contributed by atoms with Gasteiger partial charge in [0.25, 0.3) is 0 Å². The van der Waals surface area contributed by atoms with Crippen molar-refractivity contribution in [1.29, 1.82) is 0 Å². The second-order valence-electron chi connectivity index (χ2n) is 3.86. The Labute approximate surface area is 122 Å². The molecule has 0 aliphatic carbocycles. The molecule has 0 nitrogen and oxygen atoms in total. The fourth-order valence-corrected chi connectivity index (χ4v) is 2.44. The molecular weight excluding hydrogens is 222 g/mol. The van der Waals surface area contributed by atoms with Crippen LogP contribution in [0.15, 0.2) is 48.5 Å². The molecule has 0 saturated heterocycles. The summed E-state index contributed by atoms with van der Waals surface area (Å²) < 4.78 is 0. The van der Waals surface area contributed by atoms with Crippen LogP contribution in [0.4, 0.5) is 0 Å². The van der Waals surface area contributed by atoms with Gasteiger partial charge in [-0.25, -0.2) is 0 Å². The van der Waals surface area contributed by atoms with Crippen molar-refractivity contribution in [2.45, 2.75) is 13.8 Å². The third kappa shape index (κ3) is 4.03. The van der Waals surface area contributed by atoms with Gasteiger partial charge in [0.15, 0.2) is 0 Å². The fraction of sp³-hybridized carbons (Fsp3) is 0.143. The summed E-state index contributed by atoms with van der Waals surface area (Å²) in [6.45, 7) is 4.25. The maximum atomic E-state index is 2.22. The summed E-state index contributed by atoms with van der Waals surface area (Å²) in [5.41, 5.74) is 2.65. The van der Waals surface area contributed by atoms with Crippen LogP contribution < -0.4 is 10.6 Å². The van der Waals surface area contributed by atoms with E-state index < -0.39 is 0 Å². The minimum atomic E-state index is 0. The van der Waals surface area contributed by atoms with Crippen LogP contribution in [-0.4, -0.2) is 29.6 Å². The van der Waals surface area contributed by atoms with Crippen LogP contribution in [0.3, 0.4) is 0 Å². The smallest absolute Gasteiger partial charge is 0 e. The minimum absolute atomic E-state index is 0. The number of rotatable bonds is 2. The van der Waals surface area contributed by atoms with Gasteiger partial charge in [0.1, 0.15) is 0 Å². The Bertz CT molecular complexity index is 388. The molecule has 0 fully saturated rings. The maximum Gasteiger partial charge on any atom is 0 e. The molecule has 0 amide bonds. The van der Waals surface area contributed by atoms with Crippen molar-refractivity contribution in [2.75, 3.05) is 0 Å². The SMILES string of the molecule is Cc1ccc(Pc2ccc(C)cc2)cc1.[Na]. The standard InChI is InChI=1S/C14H15P.Na/c1-11-3-7-13(8-4-11)15-14-9-5-12(2)6-10-14;/h3-10,15H,1-2H3;. The van der Waals surface area contributed by atoms with E-state index in [1.165, 1.54) is 21.7 Å². The van der Waals surface area contributed by atoms with Crippen molar-refractivity contribution in [3.63, 3.8) is 0 Å². The molecule has 16 heavy (non-hydrogen) atoms. The average Bonchev–Trinajstić information content (AvgIpc) is 2.25. The summed E-state index contributed by atoms with van der Waals surface area (Å²) in [6, 6.07) is 17.6. The van der Waals surface area contributed by atoms with Gasteiger partial charge in [-0.2, -0.15) is 0 Å². The first-order chi connectivity index (χ1) is 7.24. The van der Waals surface area contributed by atoms with E-state index in [4.69, 9.17) is 0 Å². The molecule has 0 spiro atoms. The molecule has 0 heterocycles. The number of hydrogen-bond donors (Lipinski definition) is 0. The van der Waals surface area contributed by atoms with Gasteiger partial charge in [0.2, 0.25) is 0 Å². The maximum absolute atomic E-state index is 2.22. The van der Waals surface area contributed by atoms with E-state index in [9.17, 15) is 0 Å². The molecule has 2 aromatic rings. The quantitative estimate of drug-likeness (QED) is 0.556. The Balaban J connectivity index is 0.00000128. The summed E-state index contributed by atoms with van der Waals surface area (Å²) in [5.74, 6) is 0. The van der Waals surface area contributed by atoms with Gasteiger partial charge in [-0.3, -0.25) is 0 Å². The molecule has 0 bridgehead atoms. The van der Waals surface area contributed by atoms with Gasteiger partial charge in [-0.05, 0) is 24.5 Å². The van der Waals surface area contributed by atoms with Crippen molar-refractivity contribution in [1.82, 2.24) is 0 Å². The topological polar surface area (TPSA) is 0 Å². The summed E-state index contributed by atoms with van der Waals surface area (Å²) in [4.78, 5) is 0. The van der Waals surface area contributed by atoms with Gasteiger partial charge in [0.05, 0.1) is 0 Å². The van der Waals surface area contributed by atoms with E-state index in [-0.39, 0.29) is 29.6 Å². The monoisotopic (exact) mass is 237 g/mol. The largest absolute Gasteiger partial charge is 0.0591 e. The Morgan fingerprint density at radius 2 is 0.938 bits per heavy atom. The molecule has 0 aromatic heterocycles. The summed E-state index contributed by atoms with van der Waals surface area (Å²) >= 11 is 0. The Kier molecular flexibility index (Phi) is 5.72. The predicted octanol–water partition coefficient (Wildman–Crippen LogP) is 2.55. The molecule has 0 atom stereocenters. The van der Waals surface area contributed by atoms with Crippen molar-refractivity contribution < 1.29 is 0 Å². The van der Waals surface area contributed by atoms with Gasteiger partial charge in [-0.15, -0.1) is 0 Å². The zero-order chi connectivity index (χ0) is 10.7. The fourth-order valence-electron chi connectivity index (χ4n) is 1.44. The van der Waals surface area contributed by atoms with Crippen LogP contribution >= 0.6 is 8.58 Å². The van der Waals surface area contributed by atoms with Crippen LogP contribution in [0, 0.1) is 13.8 Å². The first-order valence-corrected chi connectivity index (χ1v) is 6.14. The van der Waals surface area contributed by atoms with Gasteiger partial charge < -0.3 is 0 Å². The van der Waals surface area contributed by atoms with Crippen molar-refractivity contribution in [2.24, 2.45) is 0 Å². The third-order valence-corrected chi connectivity index (χ3v) is 3.64. The van der Waals surface area contributed by atoms with Crippen molar-refractivity contribution in [3.8, 4) is 0 Å². The first-order valence-electron chi connectivity index (χ1n) is 5.14. The molecule has 0 saturated carbocycles. The van der Waals surface area contributed by atoms with Crippen LogP contribution in [-0.2, 0) is 0 Å². The molecule has 2 rings (SSSR count). The zero-order valence-electron chi connectivity index (χ0n) is 10.1. The van der Waals surface area contributed by atoms with Gasteiger partial charge in [-0.1, -0.05) is 68.2 Å². The first kappa shape index (κ1) is 13.9. The number of benzene rings is 2. The van der Waals surface area contributed by atoms with Crippen LogP contribution in [0.25, 0.3) is 0 Å². The van der Waals surface area contributed by atoms with Crippen molar-refractivity contribution in [3.05, 3.63) is 59.7 Å². The molecule has 2 heteroatoms. The van der Waals surface area contributed by atoms with E-state index in [2.05, 4.69) is 62.4 Å². The van der Waals surface area contributed by atoms with E-state index in [1.54, 1.807) is 0 Å². The second kappa shape index (κ2) is 6.57. The normalized spacial score (nSPS) is 9.62. The molecular formula is C14H15NaP. The van der Waals surface area contributed by atoms with Crippen LogP contribution in [0.5, 0.6) is 0 Å². The van der Waals surface area contributed by atoms with Crippen LogP contribution in [0.1, 0.15) is 11.1 Å². The molecule has 2 aromatic carbocycles. The molecule has 0 aliphatic heterocycles. The van der Waals surface area contributed by atoms with Gasteiger partial charge >= 0.3 is 0 Å².